The smallest absolute Gasteiger partial charge is 0.0318 e. The monoisotopic (exact) mass is 267 g/mol. The summed E-state index contributed by atoms with van der Waals surface area (Å²) in [7, 11) is 0. The lowest BCUT2D eigenvalue weighted by Crippen LogP contribution is -2.42. The van der Waals surface area contributed by atoms with Crippen LogP contribution in [-0.4, -0.2) is 28.0 Å². The molecule has 3 unspecified atom stereocenters. The average molecular weight is 267 g/mol. The molecule has 1 saturated heterocycles. The Kier molecular flexibility index (Phi) is 4.83. The standard InChI is InChI=1S/C14H21NS2/c1-10-4-3-5-12(8-10)9-13(15)14-11(2)16-6-7-17-14/h3-5,8,11,13-14H,6-7,9,15H2,1-2H3. The van der Waals surface area contributed by atoms with Gasteiger partial charge in [0.2, 0.25) is 0 Å². The molecule has 1 heterocycles. The second-order valence-corrected chi connectivity index (χ2v) is 7.54. The molecule has 0 amide bonds. The average Bonchev–Trinajstić information content (AvgIpc) is 2.29. The molecule has 94 valence electrons. The summed E-state index contributed by atoms with van der Waals surface area (Å²) in [6.07, 6.45) is 1.00. The Morgan fingerprint density at radius 3 is 2.82 bits per heavy atom. The molecule has 0 radical (unpaired) electrons. The summed E-state index contributed by atoms with van der Waals surface area (Å²) in [5, 5.41) is 1.29. The van der Waals surface area contributed by atoms with Gasteiger partial charge in [-0.05, 0) is 18.9 Å². The van der Waals surface area contributed by atoms with Crippen LogP contribution in [0.3, 0.4) is 0 Å². The Hall–Kier alpha value is -0.120. The molecule has 3 atom stereocenters. The molecular weight excluding hydrogens is 246 g/mol. The van der Waals surface area contributed by atoms with Crippen LogP contribution in [0.2, 0.25) is 0 Å². The molecule has 0 aliphatic carbocycles. The molecular formula is C14H21NS2. The number of nitrogens with two attached hydrogens (primary N) is 1. The van der Waals surface area contributed by atoms with Crippen LogP contribution >= 0.6 is 23.5 Å². The van der Waals surface area contributed by atoms with Gasteiger partial charge in [-0.1, -0.05) is 36.8 Å². The van der Waals surface area contributed by atoms with Crippen molar-refractivity contribution in [3.63, 3.8) is 0 Å². The van der Waals surface area contributed by atoms with Crippen molar-refractivity contribution in [2.75, 3.05) is 11.5 Å². The molecule has 1 aromatic rings. The summed E-state index contributed by atoms with van der Waals surface area (Å²) < 4.78 is 0. The maximum Gasteiger partial charge on any atom is 0.0318 e. The zero-order valence-electron chi connectivity index (χ0n) is 10.6. The highest BCUT2D eigenvalue weighted by Gasteiger charge is 2.27. The molecule has 0 saturated carbocycles. The van der Waals surface area contributed by atoms with Crippen molar-refractivity contribution in [2.45, 2.75) is 36.8 Å². The number of hydrogen-bond donors (Lipinski definition) is 1. The topological polar surface area (TPSA) is 26.0 Å². The fourth-order valence-corrected chi connectivity index (χ4v) is 5.24. The zero-order chi connectivity index (χ0) is 12.3. The Labute approximate surface area is 113 Å². The van der Waals surface area contributed by atoms with Crippen molar-refractivity contribution in [2.24, 2.45) is 5.73 Å². The van der Waals surface area contributed by atoms with Crippen LogP contribution < -0.4 is 5.73 Å². The second-order valence-electron chi connectivity index (χ2n) is 4.77. The minimum atomic E-state index is 0.282. The number of benzene rings is 1. The lowest BCUT2D eigenvalue weighted by molar-refractivity contribution is 0.622. The van der Waals surface area contributed by atoms with E-state index in [4.69, 9.17) is 5.73 Å². The highest BCUT2D eigenvalue weighted by atomic mass is 32.2. The van der Waals surface area contributed by atoms with E-state index in [1.807, 2.05) is 0 Å². The van der Waals surface area contributed by atoms with Gasteiger partial charge < -0.3 is 5.73 Å². The van der Waals surface area contributed by atoms with Crippen molar-refractivity contribution in [3.8, 4) is 0 Å². The fraction of sp³-hybridized carbons (Fsp3) is 0.571. The van der Waals surface area contributed by atoms with Gasteiger partial charge in [0, 0.05) is 28.0 Å². The minimum Gasteiger partial charge on any atom is -0.326 e. The summed E-state index contributed by atoms with van der Waals surface area (Å²) in [4.78, 5) is 0. The molecule has 2 N–H and O–H groups in total. The summed E-state index contributed by atoms with van der Waals surface area (Å²) in [6.45, 7) is 4.46. The molecule has 0 aromatic heterocycles. The van der Waals surface area contributed by atoms with Crippen LogP contribution in [-0.2, 0) is 6.42 Å². The Morgan fingerprint density at radius 1 is 1.35 bits per heavy atom. The molecule has 0 spiro atoms. The maximum absolute atomic E-state index is 6.39. The molecule has 1 aliphatic rings. The van der Waals surface area contributed by atoms with Crippen molar-refractivity contribution in [3.05, 3.63) is 35.4 Å². The van der Waals surface area contributed by atoms with Gasteiger partial charge in [0.15, 0.2) is 0 Å². The van der Waals surface area contributed by atoms with E-state index in [1.54, 1.807) is 0 Å². The number of aryl methyl sites for hydroxylation is 1. The normalized spacial score (nSPS) is 26.8. The van der Waals surface area contributed by atoms with Gasteiger partial charge in [0.1, 0.15) is 0 Å². The van der Waals surface area contributed by atoms with Crippen molar-refractivity contribution in [1.29, 1.82) is 0 Å². The summed E-state index contributed by atoms with van der Waals surface area (Å²) in [5.41, 5.74) is 9.09. The quantitative estimate of drug-likeness (QED) is 0.911. The fourth-order valence-electron chi connectivity index (χ4n) is 2.35. The van der Waals surface area contributed by atoms with E-state index in [2.05, 4.69) is 61.6 Å². The lowest BCUT2D eigenvalue weighted by atomic mass is 10.0. The van der Waals surface area contributed by atoms with E-state index in [-0.39, 0.29) is 6.04 Å². The van der Waals surface area contributed by atoms with Crippen LogP contribution in [0.15, 0.2) is 24.3 Å². The second kappa shape index (κ2) is 6.17. The van der Waals surface area contributed by atoms with Crippen LogP contribution in [0.1, 0.15) is 18.1 Å². The summed E-state index contributed by atoms with van der Waals surface area (Å²) in [5.74, 6) is 2.53. The summed E-state index contributed by atoms with van der Waals surface area (Å²) >= 11 is 4.12. The largest absolute Gasteiger partial charge is 0.326 e. The van der Waals surface area contributed by atoms with E-state index in [0.29, 0.717) is 10.5 Å². The molecule has 2 rings (SSSR count). The van der Waals surface area contributed by atoms with Gasteiger partial charge in [-0.3, -0.25) is 0 Å². The Balaban J connectivity index is 1.98. The Bertz CT molecular complexity index is 367. The molecule has 3 heteroatoms. The molecule has 1 fully saturated rings. The highest BCUT2D eigenvalue weighted by molar-refractivity contribution is 8.07. The third-order valence-electron chi connectivity index (χ3n) is 3.21. The first-order valence-electron chi connectivity index (χ1n) is 6.21. The third-order valence-corrected chi connectivity index (χ3v) is 6.48. The molecule has 1 aliphatic heterocycles. The number of thioether (sulfide) groups is 2. The van der Waals surface area contributed by atoms with Gasteiger partial charge in [0.05, 0.1) is 0 Å². The van der Waals surface area contributed by atoms with Gasteiger partial charge >= 0.3 is 0 Å². The van der Waals surface area contributed by atoms with Crippen molar-refractivity contribution < 1.29 is 0 Å². The van der Waals surface area contributed by atoms with E-state index >= 15 is 0 Å². The van der Waals surface area contributed by atoms with Crippen LogP contribution in [0, 0.1) is 6.92 Å². The van der Waals surface area contributed by atoms with Gasteiger partial charge in [-0.2, -0.15) is 23.5 Å². The van der Waals surface area contributed by atoms with Crippen LogP contribution in [0.25, 0.3) is 0 Å². The first kappa shape index (κ1) is 13.3. The van der Waals surface area contributed by atoms with Crippen LogP contribution in [0.5, 0.6) is 0 Å². The highest BCUT2D eigenvalue weighted by Crippen LogP contribution is 2.33. The van der Waals surface area contributed by atoms with E-state index < -0.39 is 0 Å². The summed E-state index contributed by atoms with van der Waals surface area (Å²) in [6, 6.07) is 9.00. The van der Waals surface area contributed by atoms with Gasteiger partial charge in [-0.25, -0.2) is 0 Å². The van der Waals surface area contributed by atoms with Crippen molar-refractivity contribution >= 4 is 23.5 Å². The van der Waals surface area contributed by atoms with Crippen molar-refractivity contribution in [1.82, 2.24) is 0 Å². The third kappa shape index (κ3) is 3.67. The van der Waals surface area contributed by atoms with Crippen LogP contribution in [0.4, 0.5) is 0 Å². The van der Waals surface area contributed by atoms with E-state index in [1.165, 1.54) is 22.6 Å². The zero-order valence-corrected chi connectivity index (χ0v) is 12.2. The first-order valence-corrected chi connectivity index (χ1v) is 8.31. The molecule has 17 heavy (non-hydrogen) atoms. The number of rotatable bonds is 3. The molecule has 1 nitrogen and oxygen atoms in total. The maximum atomic E-state index is 6.39. The Morgan fingerprint density at radius 2 is 2.12 bits per heavy atom. The molecule has 0 bridgehead atoms. The lowest BCUT2D eigenvalue weighted by Gasteiger charge is -2.32. The SMILES string of the molecule is Cc1cccc(CC(N)C2SCCSC2C)c1. The van der Waals surface area contributed by atoms with Gasteiger partial charge in [-0.15, -0.1) is 0 Å². The van der Waals surface area contributed by atoms with E-state index in [0.717, 1.165) is 6.42 Å². The molecule has 1 aromatic carbocycles. The number of hydrogen-bond acceptors (Lipinski definition) is 3. The van der Waals surface area contributed by atoms with E-state index in [9.17, 15) is 0 Å². The minimum absolute atomic E-state index is 0.282. The predicted molar refractivity (Wildman–Crippen MR) is 81.0 cm³/mol. The first-order chi connectivity index (χ1) is 8.16. The predicted octanol–water partition coefficient (Wildman–Crippen LogP) is 3.10. The van der Waals surface area contributed by atoms with Gasteiger partial charge in [0.25, 0.3) is 0 Å².